The van der Waals surface area contributed by atoms with Gasteiger partial charge in [0.25, 0.3) is 0 Å². The first-order valence-corrected chi connectivity index (χ1v) is 5.04. The maximum atomic E-state index is 11.4. The Morgan fingerprint density at radius 1 is 1.19 bits per heavy atom. The molecule has 5 heteroatoms. The fourth-order valence-electron chi connectivity index (χ4n) is 1.20. The molecule has 0 aromatic carbocycles. The number of hydrogen-bond donors (Lipinski definition) is 0. The van der Waals surface area contributed by atoms with E-state index < -0.39 is 11.9 Å². The summed E-state index contributed by atoms with van der Waals surface area (Å²) in [5.41, 5.74) is 0.255. The van der Waals surface area contributed by atoms with Crippen molar-refractivity contribution in [3.05, 3.63) is 23.2 Å². The van der Waals surface area contributed by atoms with Gasteiger partial charge in [-0.1, -0.05) is 0 Å². The Morgan fingerprint density at radius 2 is 1.75 bits per heavy atom. The fourth-order valence-corrected chi connectivity index (χ4v) is 1.20. The van der Waals surface area contributed by atoms with Crippen LogP contribution in [0.3, 0.4) is 0 Å². The summed E-state index contributed by atoms with van der Waals surface area (Å²) in [6.07, 6.45) is 0. The smallest absolute Gasteiger partial charge is 0.374 e. The maximum Gasteiger partial charge on any atom is 0.374 e. The van der Waals surface area contributed by atoms with Crippen molar-refractivity contribution in [2.24, 2.45) is 0 Å². The number of furan rings is 1. The number of aryl methyl sites for hydroxylation is 1. The van der Waals surface area contributed by atoms with Crippen molar-refractivity contribution in [3.63, 3.8) is 0 Å². The van der Waals surface area contributed by atoms with Crippen molar-refractivity contribution < 1.29 is 23.5 Å². The summed E-state index contributed by atoms with van der Waals surface area (Å²) < 4.78 is 14.7. The summed E-state index contributed by atoms with van der Waals surface area (Å²) in [5.74, 6) is -0.718. The van der Waals surface area contributed by atoms with Crippen LogP contribution in [0.5, 0.6) is 0 Å². The first kappa shape index (κ1) is 12.3. The molecule has 0 saturated carbocycles. The molecular formula is C11H14O5. The molecule has 0 fully saturated rings. The molecule has 1 rings (SSSR count). The van der Waals surface area contributed by atoms with E-state index >= 15 is 0 Å². The van der Waals surface area contributed by atoms with Gasteiger partial charge in [0.2, 0.25) is 5.76 Å². The third-order valence-electron chi connectivity index (χ3n) is 1.89. The van der Waals surface area contributed by atoms with Crippen molar-refractivity contribution in [1.29, 1.82) is 0 Å². The van der Waals surface area contributed by atoms with E-state index in [0.29, 0.717) is 5.76 Å². The van der Waals surface area contributed by atoms with Crippen LogP contribution in [-0.2, 0) is 9.47 Å². The molecule has 16 heavy (non-hydrogen) atoms. The molecule has 88 valence electrons. The minimum absolute atomic E-state index is 0.0161. The Bertz CT molecular complexity index is 391. The minimum Gasteiger partial charge on any atom is -0.462 e. The van der Waals surface area contributed by atoms with Gasteiger partial charge in [-0.2, -0.15) is 0 Å². The zero-order chi connectivity index (χ0) is 12.1. The van der Waals surface area contributed by atoms with Crippen LogP contribution < -0.4 is 0 Å². The Balaban J connectivity index is 2.89. The molecule has 1 heterocycles. The van der Waals surface area contributed by atoms with Crippen LogP contribution >= 0.6 is 0 Å². The number of esters is 2. The average Bonchev–Trinajstić information content (AvgIpc) is 2.61. The van der Waals surface area contributed by atoms with Crippen LogP contribution in [0, 0.1) is 6.92 Å². The van der Waals surface area contributed by atoms with E-state index in [0.717, 1.165) is 0 Å². The highest BCUT2D eigenvalue weighted by atomic mass is 16.5. The summed E-state index contributed by atoms with van der Waals surface area (Å²) >= 11 is 0. The number of rotatable bonds is 4. The second kappa shape index (κ2) is 5.34. The summed E-state index contributed by atoms with van der Waals surface area (Å²) in [5, 5.41) is 0. The molecule has 5 nitrogen and oxygen atoms in total. The third kappa shape index (κ3) is 2.62. The van der Waals surface area contributed by atoms with Gasteiger partial charge in [0.05, 0.1) is 13.2 Å². The Labute approximate surface area is 93.3 Å². The highest BCUT2D eigenvalue weighted by Gasteiger charge is 2.20. The second-order valence-corrected chi connectivity index (χ2v) is 3.02. The monoisotopic (exact) mass is 226 g/mol. The van der Waals surface area contributed by atoms with Gasteiger partial charge in [-0.25, -0.2) is 9.59 Å². The van der Waals surface area contributed by atoms with E-state index in [4.69, 9.17) is 13.9 Å². The molecule has 0 amide bonds. The lowest BCUT2D eigenvalue weighted by Gasteiger charge is -1.97. The number of carbonyl (C=O) groups is 2. The van der Waals surface area contributed by atoms with Gasteiger partial charge in [0, 0.05) is 6.07 Å². The van der Waals surface area contributed by atoms with E-state index in [2.05, 4.69) is 0 Å². The van der Waals surface area contributed by atoms with Crippen molar-refractivity contribution in [1.82, 2.24) is 0 Å². The Kier molecular flexibility index (Phi) is 4.10. The normalized spacial score (nSPS) is 9.94. The molecular weight excluding hydrogens is 212 g/mol. The Morgan fingerprint density at radius 3 is 2.31 bits per heavy atom. The molecule has 0 aliphatic heterocycles. The van der Waals surface area contributed by atoms with E-state index in [-0.39, 0.29) is 24.5 Å². The molecule has 0 radical (unpaired) electrons. The third-order valence-corrected chi connectivity index (χ3v) is 1.89. The molecule has 0 aliphatic carbocycles. The van der Waals surface area contributed by atoms with E-state index in [1.165, 1.54) is 6.07 Å². The van der Waals surface area contributed by atoms with Gasteiger partial charge in [0.1, 0.15) is 11.3 Å². The molecule has 0 unspecified atom stereocenters. The molecule has 0 saturated heterocycles. The average molecular weight is 226 g/mol. The van der Waals surface area contributed by atoms with E-state index in [1.807, 2.05) is 0 Å². The number of hydrogen-bond acceptors (Lipinski definition) is 5. The van der Waals surface area contributed by atoms with Crippen LogP contribution in [0.15, 0.2) is 10.5 Å². The van der Waals surface area contributed by atoms with Crippen LogP contribution in [0.2, 0.25) is 0 Å². The van der Waals surface area contributed by atoms with Crippen LogP contribution in [0.1, 0.15) is 40.5 Å². The summed E-state index contributed by atoms with van der Waals surface area (Å²) in [7, 11) is 0. The van der Waals surface area contributed by atoms with Gasteiger partial charge in [-0.05, 0) is 20.8 Å². The first-order chi connectivity index (χ1) is 7.60. The molecule has 0 spiro atoms. The van der Waals surface area contributed by atoms with Crippen molar-refractivity contribution in [2.75, 3.05) is 13.2 Å². The lowest BCUT2D eigenvalue weighted by Crippen LogP contribution is -2.05. The predicted molar refractivity (Wildman–Crippen MR) is 55.4 cm³/mol. The number of ether oxygens (including phenoxy) is 2. The van der Waals surface area contributed by atoms with Gasteiger partial charge in [0.15, 0.2) is 0 Å². The zero-order valence-electron chi connectivity index (χ0n) is 9.53. The van der Waals surface area contributed by atoms with Gasteiger partial charge >= 0.3 is 11.9 Å². The van der Waals surface area contributed by atoms with Gasteiger partial charge < -0.3 is 13.9 Å². The highest BCUT2D eigenvalue weighted by Crippen LogP contribution is 2.16. The van der Waals surface area contributed by atoms with Crippen LogP contribution in [-0.4, -0.2) is 25.2 Å². The van der Waals surface area contributed by atoms with Crippen molar-refractivity contribution in [3.8, 4) is 0 Å². The summed E-state index contributed by atoms with van der Waals surface area (Å²) in [4.78, 5) is 22.7. The maximum absolute atomic E-state index is 11.4. The Hall–Kier alpha value is -1.78. The van der Waals surface area contributed by atoms with Crippen LogP contribution in [0.25, 0.3) is 0 Å². The minimum atomic E-state index is -0.582. The first-order valence-electron chi connectivity index (χ1n) is 5.04. The van der Waals surface area contributed by atoms with E-state index in [9.17, 15) is 9.59 Å². The zero-order valence-corrected chi connectivity index (χ0v) is 9.53. The topological polar surface area (TPSA) is 65.7 Å². The molecule has 0 atom stereocenters. The number of carbonyl (C=O) groups excluding carboxylic acids is 2. The SMILES string of the molecule is CCOC(=O)c1cc(C(=O)OCC)c(C)o1. The lowest BCUT2D eigenvalue weighted by molar-refractivity contribution is 0.0486. The lowest BCUT2D eigenvalue weighted by atomic mass is 10.2. The molecule has 0 bridgehead atoms. The largest absolute Gasteiger partial charge is 0.462 e. The van der Waals surface area contributed by atoms with Crippen molar-refractivity contribution >= 4 is 11.9 Å². The standard InChI is InChI=1S/C11H14O5/c1-4-14-10(12)8-6-9(16-7(8)3)11(13)15-5-2/h6H,4-5H2,1-3H3. The summed E-state index contributed by atoms with van der Waals surface area (Å²) in [6, 6.07) is 1.34. The summed E-state index contributed by atoms with van der Waals surface area (Å²) in [6.45, 7) is 5.53. The highest BCUT2D eigenvalue weighted by molar-refractivity contribution is 5.94. The van der Waals surface area contributed by atoms with Gasteiger partial charge in [-0.15, -0.1) is 0 Å². The van der Waals surface area contributed by atoms with E-state index in [1.54, 1.807) is 20.8 Å². The van der Waals surface area contributed by atoms with Gasteiger partial charge in [-0.3, -0.25) is 0 Å². The van der Waals surface area contributed by atoms with Crippen molar-refractivity contribution in [2.45, 2.75) is 20.8 Å². The molecule has 0 N–H and O–H groups in total. The fraction of sp³-hybridized carbons (Fsp3) is 0.455. The quantitative estimate of drug-likeness (QED) is 0.734. The molecule has 0 aliphatic rings. The molecule has 1 aromatic heterocycles. The van der Waals surface area contributed by atoms with Crippen LogP contribution in [0.4, 0.5) is 0 Å². The second-order valence-electron chi connectivity index (χ2n) is 3.02. The molecule has 1 aromatic rings. The predicted octanol–water partition coefficient (Wildman–Crippen LogP) is 1.94.